The monoisotopic (exact) mass is 280 g/mol. The first-order valence-corrected chi connectivity index (χ1v) is 7.43. The van der Waals surface area contributed by atoms with Gasteiger partial charge in [0.1, 0.15) is 0 Å². The molecule has 0 aliphatic carbocycles. The molecular formula is C15H21ClN2O. The number of carbonyl (C=O) groups is 1. The maximum atomic E-state index is 12.1. The van der Waals surface area contributed by atoms with Crippen LogP contribution in [0.4, 0.5) is 0 Å². The highest BCUT2D eigenvalue weighted by Gasteiger charge is 2.24. The third kappa shape index (κ3) is 4.51. The van der Waals surface area contributed by atoms with Gasteiger partial charge >= 0.3 is 0 Å². The highest BCUT2D eigenvalue weighted by molar-refractivity contribution is 6.18. The largest absolute Gasteiger partial charge is 0.352 e. The van der Waals surface area contributed by atoms with E-state index in [4.69, 9.17) is 11.6 Å². The molecule has 1 aromatic carbocycles. The second-order valence-corrected chi connectivity index (χ2v) is 5.39. The summed E-state index contributed by atoms with van der Waals surface area (Å²) < 4.78 is 0. The fourth-order valence-electron chi connectivity index (χ4n) is 2.47. The first-order chi connectivity index (χ1) is 9.29. The fourth-order valence-corrected chi connectivity index (χ4v) is 2.71. The molecule has 0 aromatic heterocycles. The standard InChI is InChI=1S/C15H21ClN2O/c16-8-11-18-9-6-14(7-10-18)15(19)17-12-13-4-2-1-3-5-13/h1-5,14H,6-12H2,(H,17,19). The van der Waals surface area contributed by atoms with Crippen molar-refractivity contribution >= 4 is 17.5 Å². The van der Waals surface area contributed by atoms with Crippen LogP contribution in [0.25, 0.3) is 0 Å². The Kier molecular flexibility index (Phi) is 5.67. The second kappa shape index (κ2) is 7.51. The van der Waals surface area contributed by atoms with E-state index in [2.05, 4.69) is 10.2 Å². The Bertz CT molecular complexity index is 388. The first kappa shape index (κ1) is 14.4. The van der Waals surface area contributed by atoms with Crippen molar-refractivity contribution < 1.29 is 4.79 Å². The summed E-state index contributed by atoms with van der Waals surface area (Å²) in [5.41, 5.74) is 1.15. The summed E-state index contributed by atoms with van der Waals surface area (Å²) >= 11 is 5.73. The summed E-state index contributed by atoms with van der Waals surface area (Å²) in [5, 5.41) is 3.03. The number of hydrogen-bond donors (Lipinski definition) is 1. The van der Waals surface area contributed by atoms with E-state index >= 15 is 0 Å². The number of benzene rings is 1. The number of alkyl halides is 1. The zero-order chi connectivity index (χ0) is 13.5. The molecule has 4 heteroatoms. The van der Waals surface area contributed by atoms with Gasteiger partial charge in [-0.2, -0.15) is 0 Å². The van der Waals surface area contributed by atoms with Crippen LogP contribution in [0, 0.1) is 5.92 Å². The molecule has 1 aliphatic rings. The number of carbonyl (C=O) groups excluding carboxylic acids is 1. The molecule has 1 aromatic rings. The highest BCUT2D eigenvalue weighted by atomic mass is 35.5. The number of nitrogens with zero attached hydrogens (tertiary/aromatic N) is 1. The number of piperidine rings is 1. The van der Waals surface area contributed by atoms with Crippen molar-refractivity contribution in [1.82, 2.24) is 10.2 Å². The van der Waals surface area contributed by atoms with Crippen LogP contribution in [0.5, 0.6) is 0 Å². The van der Waals surface area contributed by atoms with Crippen LogP contribution >= 0.6 is 11.6 Å². The summed E-state index contributed by atoms with van der Waals surface area (Å²) in [7, 11) is 0. The van der Waals surface area contributed by atoms with E-state index in [1.165, 1.54) is 0 Å². The number of halogens is 1. The van der Waals surface area contributed by atoms with E-state index < -0.39 is 0 Å². The van der Waals surface area contributed by atoms with Crippen molar-refractivity contribution in [2.75, 3.05) is 25.5 Å². The van der Waals surface area contributed by atoms with Crippen molar-refractivity contribution in [1.29, 1.82) is 0 Å². The minimum atomic E-state index is 0.162. The summed E-state index contributed by atoms with van der Waals surface area (Å²) in [6, 6.07) is 10.0. The molecule has 0 bridgehead atoms. The van der Waals surface area contributed by atoms with Gasteiger partial charge in [-0.3, -0.25) is 4.79 Å². The Labute approximate surface area is 119 Å². The molecule has 0 radical (unpaired) electrons. The zero-order valence-electron chi connectivity index (χ0n) is 11.1. The molecule has 104 valence electrons. The van der Waals surface area contributed by atoms with Crippen LogP contribution < -0.4 is 5.32 Å². The van der Waals surface area contributed by atoms with Gasteiger partial charge in [0, 0.05) is 24.9 Å². The van der Waals surface area contributed by atoms with Gasteiger partial charge < -0.3 is 10.2 Å². The lowest BCUT2D eigenvalue weighted by Crippen LogP contribution is -2.40. The van der Waals surface area contributed by atoms with Crippen molar-refractivity contribution in [2.45, 2.75) is 19.4 Å². The summed E-state index contributed by atoms with van der Waals surface area (Å²) in [6.07, 6.45) is 1.88. The molecule has 0 spiro atoms. The molecule has 2 rings (SSSR count). The number of amides is 1. The first-order valence-electron chi connectivity index (χ1n) is 6.89. The summed E-state index contributed by atoms with van der Waals surface area (Å²) in [6.45, 7) is 3.52. The van der Waals surface area contributed by atoms with Gasteiger partial charge in [-0.15, -0.1) is 11.6 Å². The van der Waals surface area contributed by atoms with Gasteiger partial charge in [0.05, 0.1) is 0 Å². The van der Waals surface area contributed by atoms with Crippen LogP contribution in [0.15, 0.2) is 30.3 Å². The molecule has 0 unspecified atom stereocenters. The lowest BCUT2D eigenvalue weighted by atomic mass is 9.96. The van der Waals surface area contributed by atoms with E-state index in [0.717, 1.165) is 38.0 Å². The number of nitrogens with one attached hydrogen (secondary N) is 1. The van der Waals surface area contributed by atoms with E-state index in [-0.39, 0.29) is 11.8 Å². The van der Waals surface area contributed by atoms with Crippen LogP contribution in [0.3, 0.4) is 0 Å². The van der Waals surface area contributed by atoms with Gasteiger partial charge in [0.25, 0.3) is 0 Å². The van der Waals surface area contributed by atoms with Gasteiger partial charge in [0.15, 0.2) is 0 Å². The van der Waals surface area contributed by atoms with Crippen LogP contribution in [0.1, 0.15) is 18.4 Å². The number of likely N-dealkylation sites (tertiary alicyclic amines) is 1. The lowest BCUT2D eigenvalue weighted by molar-refractivity contribution is -0.126. The van der Waals surface area contributed by atoms with E-state index in [9.17, 15) is 4.79 Å². The molecule has 1 aliphatic heterocycles. The zero-order valence-corrected chi connectivity index (χ0v) is 11.9. The van der Waals surface area contributed by atoms with Gasteiger partial charge in [-0.25, -0.2) is 0 Å². The van der Waals surface area contributed by atoms with E-state index in [1.807, 2.05) is 30.3 Å². The Morgan fingerprint density at radius 2 is 1.95 bits per heavy atom. The molecule has 1 amide bonds. The normalized spacial score (nSPS) is 17.3. The molecule has 0 atom stereocenters. The third-order valence-corrected chi connectivity index (χ3v) is 3.84. The van der Waals surface area contributed by atoms with Crippen molar-refractivity contribution in [3.8, 4) is 0 Å². The third-order valence-electron chi connectivity index (χ3n) is 3.67. The van der Waals surface area contributed by atoms with Crippen LogP contribution in [-0.4, -0.2) is 36.3 Å². The van der Waals surface area contributed by atoms with E-state index in [1.54, 1.807) is 0 Å². The molecule has 0 saturated carbocycles. The Morgan fingerprint density at radius 3 is 2.58 bits per heavy atom. The summed E-state index contributed by atoms with van der Waals surface area (Å²) in [5.74, 6) is 1.02. The quantitative estimate of drug-likeness (QED) is 0.839. The second-order valence-electron chi connectivity index (χ2n) is 5.01. The minimum absolute atomic E-state index is 0.162. The van der Waals surface area contributed by atoms with Gasteiger partial charge in [-0.1, -0.05) is 30.3 Å². The van der Waals surface area contributed by atoms with Crippen molar-refractivity contribution in [3.63, 3.8) is 0 Å². The van der Waals surface area contributed by atoms with E-state index in [0.29, 0.717) is 12.4 Å². The number of rotatable bonds is 5. The topological polar surface area (TPSA) is 32.3 Å². The maximum Gasteiger partial charge on any atom is 0.223 e. The van der Waals surface area contributed by atoms with Crippen molar-refractivity contribution in [3.05, 3.63) is 35.9 Å². The lowest BCUT2D eigenvalue weighted by Gasteiger charge is -2.30. The smallest absolute Gasteiger partial charge is 0.223 e. The average Bonchev–Trinajstić information content (AvgIpc) is 2.47. The number of hydrogen-bond acceptors (Lipinski definition) is 2. The Morgan fingerprint density at radius 1 is 1.26 bits per heavy atom. The molecule has 1 heterocycles. The van der Waals surface area contributed by atoms with Crippen molar-refractivity contribution in [2.24, 2.45) is 5.92 Å². The molecule has 19 heavy (non-hydrogen) atoms. The van der Waals surface area contributed by atoms with Crippen LogP contribution in [-0.2, 0) is 11.3 Å². The fraction of sp³-hybridized carbons (Fsp3) is 0.533. The Hall–Kier alpha value is -1.06. The molecular weight excluding hydrogens is 260 g/mol. The molecule has 3 nitrogen and oxygen atoms in total. The SMILES string of the molecule is O=C(NCc1ccccc1)C1CCN(CCCl)CC1. The minimum Gasteiger partial charge on any atom is -0.352 e. The predicted molar refractivity (Wildman–Crippen MR) is 78.2 cm³/mol. The van der Waals surface area contributed by atoms with Gasteiger partial charge in [0.2, 0.25) is 5.91 Å². The highest BCUT2D eigenvalue weighted by Crippen LogP contribution is 2.17. The maximum absolute atomic E-state index is 12.1. The summed E-state index contributed by atoms with van der Waals surface area (Å²) in [4.78, 5) is 14.4. The molecule has 1 N–H and O–H groups in total. The average molecular weight is 281 g/mol. The van der Waals surface area contributed by atoms with Gasteiger partial charge in [-0.05, 0) is 31.5 Å². The Balaban J connectivity index is 1.73. The van der Waals surface area contributed by atoms with Crippen LogP contribution in [0.2, 0.25) is 0 Å². The molecule has 1 fully saturated rings. The molecule has 1 saturated heterocycles. The predicted octanol–water partition coefficient (Wildman–Crippen LogP) is 2.25.